The van der Waals surface area contributed by atoms with Gasteiger partial charge in [-0.15, -0.1) is 0 Å². The Labute approximate surface area is 94.2 Å². The molecule has 1 aliphatic rings. The number of nitrogens with zero attached hydrogens (tertiary/aromatic N) is 1. The van der Waals surface area contributed by atoms with Gasteiger partial charge in [-0.25, -0.2) is 0 Å². The molecule has 0 unspecified atom stereocenters. The lowest BCUT2D eigenvalue weighted by atomic mass is 9.82. The van der Waals surface area contributed by atoms with Crippen LogP contribution in [0.1, 0.15) is 5.69 Å². The van der Waals surface area contributed by atoms with Gasteiger partial charge in [-0.2, -0.15) is 0 Å². The maximum absolute atomic E-state index is 5.82. The molecule has 3 rings (SSSR count). The van der Waals surface area contributed by atoms with Crippen molar-refractivity contribution in [1.82, 2.24) is 4.98 Å². The maximum Gasteiger partial charge on any atom is 0.0714 e. The largest absolute Gasteiger partial charge is 0.379 e. The number of fused-ring (bicyclic) bond motifs is 1. The molecular formula is C13H14N2O. The van der Waals surface area contributed by atoms with Gasteiger partial charge in [0.2, 0.25) is 0 Å². The van der Waals surface area contributed by atoms with Crippen molar-refractivity contribution in [2.24, 2.45) is 5.73 Å². The Morgan fingerprint density at radius 1 is 1.19 bits per heavy atom. The van der Waals surface area contributed by atoms with Crippen LogP contribution in [-0.2, 0) is 10.2 Å². The average Bonchev–Trinajstić information content (AvgIpc) is 2.28. The van der Waals surface area contributed by atoms with Crippen molar-refractivity contribution in [1.29, 1.82) is 0 Å². The first-order chi connectivity index (χ1) is 7.84. The van der Waals surface area contributed by atoms with Crippen molar-refractivity contribution in [2.75, 3.05) is 19.8 Å². The van der Waals surface area contributed by atoms with Crippen molar-refractivity contribution in [2.45, 2.75) is 5.41 Å². The van der Waals surface area contributed by atoms with Crippen LogP contribution in [0.2, 0.25) is 0 Å². The molecule has 0 amide bonds. The molecular weight excluding hydrogens is 200 g/mol. The monoisotopic (exact) mass is 214 g/mol. The summed E-state index contributed by atoms with van der Waals surface area (Å²) in [5.74, 6) is 0. The number of nitrogens with two attached hydrogens (primary N) is 1. The summed E-state index contributed by atoms with van der Waals surface area (Å²) >= 11 is 0. The molecule has 2 heterocycles. The third kappa shape index (κ3) is 1.32. The molecule has 0 saturated carbocycles. The number of aromatic nitrogens is 1. The van der Waals surface area contributed by atoms with E-state index in [4.69, 9.17) is 10.5 Å². The van der Waals surface area contributed by atoms with E-state index >= 15 is 0 Å². The lowest BCUT2D eigenvalue weighted by Gasteiger charge is -2.39. The molecule has 0 bridgehead atoms. The topological polar surface area (TPSA) is 48.1 Å². The maximum atomic E-state index is 5.82. The fourth-order valence-electron chi connectivity index (χ4n) is 2.08. The summed E-state index contributed by atoms with van der Waals surface area (Å²) in [6.07, 6.45) is 0. The molecule has 3 heteroatoms. The van der Waals surface area contributed by atoms with Gasteiger partial charge in [0.25, 0.3) is 0 Å². The van der Waals surface area contributed by atoms with Crippen molar-refractivity contribution < 1.29 is 4.74 Å². The highest BCUT2D eigenvalue weighted by atomic mass is 16.5. The van der Waals surface area contributed by atoms with Crippen molar-refractivity contribution in [3.05, 3.63) is 42.1 Å². The average molecular weight is 214 g/mol. The van der Waals surface area contributed by atoms with E-state index in [0.29, 0.717) is 19.8 Å². The van der Waals surface area contributed by atoms with Gasteiger partial charge in [-0.3, -0.25) is 4.98 Å². The molecule has 16 heavy (non-hydrogen) atoms. The van der Waals surface area contributed by atoms with E-state index in [1.165, 1.54) is 5.39 Å². The Balaban J connectivity index is 2.11. The highest BCUT2D eigenvalue weighted by Crippen LogP contribution is 2.30. The predicted molar refractivity (Wildman–Crippen MR) is 63.3 cm³/mol. The predicted octanol–water partition coefficient (Wildman–Crippen LogP) is 1.46. The van der Waals surface area contributed by atoms with Crippen LogP contribution in [0, 0.1) is 0 Å². The highest BCUT2D eigenvalue weighted by Gasteiger charge is 2.40. The number of benzene rings is 1. The zero-order chi connectivity index (χ0) is 11.0. The number of rotatable bonds is 2. The molecule has 82 valence electrons. The van der Waals surface area contributed by atoms with E-state index in [2.05, 4.69) is 23.2 Å². The first-order valence-electron chi connectivity index (χ1n) is 5.48. The van der Waals surface area contributed by atoms with E-state index in [-0.39, 0.29) is 5.41 Å². The summed E-state index contributed by atoms with van der Waals surface area (Å²) < 4.78 is 5.28. The van der Waals surface area contributed by atoms with Crippen LogP contribution in [0.5, 0.6) is 0 Å². The van der Waals surface area contributed by atoms with E-state index in [1.54, 1.807) is 0 Å². The molecule has 2 N–H and O–H groups in total. The Morgan fingerprint density at radius 2 is 2.00 bits per heavy atom. The van der Waals surface area contributed by atoms with Gasteiger partial charge in [0.1, 0.15) is 0 Å². The van der Waals surface area contributed by atoms with Crippen LogP contribution < -0.4 is 5.73 Å². The molecule has 0 aliphatic carbocycles. The number of pyridine rings is 1. The fraction of sp³-hybridized carbons (Fsp3) is 0.308. The minimum atomic E-state index is -0.0516. The lowest BCUT2D eigenvalue weighted by molar-refractivity contribution is -0.0569. The van der Waals surface area contributed by atoms with Gasteiger partial charge >= 0.3 is 0 Å². The summed E-state index contributed by atoms with van der Waals surface area (Å²) in [7, 11) is 0. The molecule has 1 aromatic heterocycles. The van der Waals surface area contributed by atoms with Crippen molar-refractivity contribution in [3.8, 4) is 0 Å². The first kappa shape index (κ1) is 9.75. The molecule has 0 radical (unpaired) electrons. The molecule has 2 aromatic rings. The van der Waals surface area contributed by atoms with Gasteiger partial charge in [0.05, 0.1) is 29.8 Å². The Hall–Kier alpha value is -1.45. The van der Waals surface area contributed by atoms with Crippen LogP contribution in [0.25, 0.3) is 10.9 Å². The van der Waals surface area contributed by atoms with Crippen LogP contribution >= 0.6 is 0 Å². The van der Waals surface area contributed by atoms with E-state index < -0.39 is 0 Å². The second-order valence-electron chi connectivity index (χ2n) is 4.37. The fourth-order valence-corrected chi connectivity index (χ4v) is 2.08. The number of ether oxygens (including phenoxy) is 1. The quantitative estimate of drug-likeness (QED) is 0.823. The van der Waals surface area contributed by atoms with Crippen LogP contribution in [0.3, 0.4) is 0 Å². The molecule has 1 aliphatic heterocycles. The van der Waals surface area contributed by atoms with Gasteiger partial charge in [-0.05, 0) is 12.1 Å². The Bertz CT molecular complexity index is 515. The van der Waals surface area contributed by atoms with Gasteiger partial charge < -0.3 is 10.5 Å². The molecule has 3 nitrogen and oxygen atoms in total. The normalized spacial score (nSPS) is 18.3. The Morgan fingerprint density at radius 3 is 2.69 bits per heavy atom. The van der Waals surface area contributed by atoms with Crippen LogP contribution in [-0.4, -0.2) is 24.7 Å². The van der Waals surface area contributed by atoms with E-state index in [9.17, 15) is 0 Å². The summed E-state index contributed by atoms with van der Waals surface area (Å²) in [5.41, 5.74) is 7.86. The molecule has 1 fully saturated rings. The zero-order valence-corrected chi connectivity index (χ0v) is 9.02. The summed E-state index contributed by atoms with van der Waals surface area (Å²) in [5, 5.41) is 1.17. The second kappa shape index (κ2) is 3.54. The third-order valence-electron chi connectivity index (χ3n) is 3.29. The van der Waals surface area contributed by atoms with Crippen molar-refractivity contribution in [3.63, 3.8) is 0 Å². The van der Waals surface area contributed by atoms with E-state index in [1.807, 2.05) is 18.2 Å². The highest BCUT2D eigenvalue weighted by molar-refractivity contribution is 5.78. The molecule has 0 spiro atoms. The first-order valence-corrected chi connectivity index (χ1v) is 5.48. The Kier molecular flexibility index (Phi) is 2.16. The second-order valence-corrected chi connectivity index (χ2v) is 4.37. The van der Waals surface area contributed by atoms with Gasteiger partial charge in [0.15, 0.2) is 0 Å². The van der Waals surface area contributed by atoms with Gasteiger partial charge in [-0.1, -0.05) is 24.3 Å². The number of hydrogen-bond acceptors (Lipinski definition) is 3. The molecule has 1 aromatic carbocycles. The summed E-state index contributed by atoms with van der Waals surface area (Å²) in [4.78, 5) is 4.68. The smallest absolute Gasteiger partial charge is 0.0714 e. The molecule has 0 atom stereocenters. The minimum absolute atomic E-state index is 0.0516. The lowest BCUT2D eigenvalue weighted by Crippen LogP contribution is -2.52. The number of hydrogen-bond donors (Lipinski definition) is 1. The molecule has 1 saturated heterocycles. The van der Waals surface area contributed by atoms with Crippen LogP contribution in [0.4, 0.5) is 0 Å². The van der Waals surface area contributed by atoms with Crippen molar-refractivity contribution >= 4 is 10.9 Å². The number of para-hydroxylation sites is 1. The standard InChI is InChI=1S/C13H14N2O/c14-7-13(8-16-9-13)12-6-5-10-3-1-2-4-11(10)15-12/h1-6H,7-9,14H2. The SMILES string of the molecule is NCC1(c2ccc3ccccc3n2)COC1. The van der Waals surface area contributed by atoms with Crippen LogP contribution in [0.15, 0.2) is 36.4 Å². The third-order valence-corrected chi connectivity index (χ3v) is 3.29. The summed E-state index contributed by atoms with van der Waals surface area (Å²) in [6.45, 7) is 1.97. The minimum Gasteiger partial charge on any atom is -0.379 e. The zero-order valence-electron chi connectivity index (χ0n) is 9.02. The van der Waals surface area contributed by atoms with Gasteiger partial charge in [0, 0.05) is 11.9 Å². The summed E-state index contributed by atoms with van der Waals surface area (Å²) in [6, 6.07) is 12.3. The van der Waals surface area contributed by atoms with E-state index in [0.717, 1.165) is 11.2 Å².